The average Bonchev–Trinajstić information content (AvgIpc) is 2.45. The average molecular weight is 260 g/mol. The van der Waals surface area contributed by atoms with Crippen molar-refractivity contribution in [3.8, 4) is 5.75 Å². The summed E-state index contributed by atoms with van der Waals surface area (Å²) in [5, 5.41) is 13.9. The minimum Gasteiger partial charge on any atom is -0.497 e. The number of nitro groups is 1. The highest BCUT2D eigenvalue weighted by Crippen LogP contribution is 2.28. The first-order valence-electron chi connectivity index (χ1n) is 5.52. The third-order valence-electron chi connectivity index (χ3n) is 2.50. The van der Waals surface area contributed by atoms with Crippen molar-refractivity contribution in [3.05, 3.63) is 52.6 Å². The quantitative estimate of drug-likeness (QED) is 0.653. The summed E-state index contributed by atoms with van der Waals surface area (Å²) in [6.07, 6.45) is 3.04. The van der Waals surface area contributed by atoms with Gasteiger partial charge in [0.25, 0.3) is 5.69 Å². The van der Waals surface area contributed by atoms with E-state index < -0.39 is 4.92 Å². The molecule has 0 aliphatic carbocycles. The molecule has 7 heteroatoms. The van der Waals surface area contributed by atoms with Crippen LogP contribution >= 0.6 is 0 Å². The molecular weight excluding hydrogens is 248 g/mol. The molecule has 1 heterocycles. The number of hydrogen-bond donors (Lipinski definition) is 1. The Balaban J connectivity index is 2.20. The van der Waals surface area contributed by atoms with Crippen LogP contribution in [0.3, 0.4) is 0 Å². The van der Waals surface area contributed by atoms with Crippen LogP contribution in [0.5, 0.6) is 5.75 Å². The van der Waals surface area contributed by atoms with Gasteiger partial charge in [0.05, 0.1) is 24.3 Å². The van der Waals surface area contributed by atoms with Gasteiger partial charge >= 0.3 is 0 Å². The first-order valence-corrected chi connectivity index (χ1v) is 5.52. The highest BCUT2D eigenvalue weighted by molar-refractivity contribution is 5.64. The normalized spacial score (nSPS) is 9.95. The Morgan fingerprint density at radius 1 is 1.42 bits per heavy atom. The first kappa shape index (κ1) is 12.7. The lowest BCUT2D eigenvalue weighted by Crippen LogP contribution is -2.04. The van der Waals surface area contributed by atoms with Gasteiger partial charge in [-0.15, -0.1) is 0 Å². The number of rotatable bonds is 5. The van der Waals surface area contributed by atoms with Crippen molar-refractivity contribution in [1.82, 2.24) is 9.97 Å². The summed E-state index contributed by atoms with van der Waals surface area (Å²) in [5.41, 5.74) is 1.13. The topological polar surface area (TPSA) is 90.2 Å². The van der Waals surface area contributed by atoms with Gasteiger partial charge in [-0.2, -0.15) is 0 Å². The van der Waals surface area contributed by atoms with Gasteiger partial charge in [-0.25, -0.2) is 9.97 Å². The maximum absolute atomic E-state index is 10.9. The second-order valence-electron chi connectivity index (χ2n) is 3.69. The largest absolute Gasteiger partial charge is 0.497 e. The molecule has 2 aromatic rings. The van der Waals surface area contributed by atoms with E-state index >= 15 is 0 Å². The number of anilines is 1. The summed E-state index contributed by atoms with van der Waals surface area (Å²) in [4.78, 5) is 18.3. The number of ether oxygens (including phenoxy) is 1. The fraction of sp³-hybridized carbons (Fsp3) is 0.167. The second-order valence-corrected chi connectivity index (χ2v) is 3.69. The number of hydrogen-bond acceptors (Lipinski definition) is 6. The van der Waals surface area contributed by atoms with E-state index in [1.165, 1.54) is 19.5 Å². The number of methoxy groups -OCH3 is 1. The highest BCUT2D eigenvalue weighted by Gasteiger charge is 2.14. The number of benzene rings is 1. The number of nitrogens with one attached hydrogen (secondary N) is 1. The van der Waals surface area contributed by atoms with E-state index in [9.17, 15) is 10.1 Å². The minimum absolute atomic E-state index is 0.00476. The lowest BCUT2D eigenvalue weighted by Gasteiger charge is -2.08. The van der Waals surface area contributed by atoms with Crippen LogP contribution in [0.15, 0.2) is 36.8 Å². The zero-order valence-corrected chi connectivity index (χ0v) is 10.2. The van der Waals surface area contributed by atoms with Crippen LogP contribution in [0, 0.1) is 10.1 Å². The standard InChI is InChI=1S/C12H12N4O3/c1-19-10-2-3-12(16(17)18)11(6-10)14-7-9-4-5-13-8-15-9/h2-6,8,14H,7H2,1H3. The fourth-order valence-electron chi connectivity index (χ4n) is 1.55. The summed E-state index contributed by atoms with van der Waals surface area (Å²) in [6.45, 7) is 0.372. The SMILES string of the molecule is COc1ccc([N+](=O)[O-])c(NCc2ccncn2)c1. The molecule has 1 aromatic heterocycles. The molecule has 2 rings (SSSR count). The Kier molecular flexibility index (Phi) is 3.87. The third kappa shape index (κ3) is 3.15. The van der Waals surface area contributed by atoms with Crippen LogP contribution in [-0.4, -0.2) is 22.0 Å². The van der Waals surface area contributed by atoms with Crippen molar-refractivity contribution in [2.45, 2.75) is 6.54 Å². The summed E-state index contributed by atoms with van der Waals surface area (Å²) in [7, 11) is 1.51. The molecule has 0 fully saturated rings. The molecule has 98 valence electrons. The molecule has 0 aliphatic heterocycles. The summed E-state index contributed by atoms with van der Waals surface area (Å²) >= 11 is 0. The van der Waals surface area contributed by atoms with Crippen molar-refractivity contribution in [3.63, 3.8) is 0 Å². The van der Waals surface area contributed by atoms with Gasteiger partial charge in [0.1, 0.15) is 17.8 Å². The van der Waals surface area contributed by atoms with E-state index in [1.54, 1.807) is 24.4 Å². The van der Waals surface area contributed by atoms with Crippen molar-refractivity contribution in [2.75, 3.05) is 12.4 Å². The van der Waals surface area contributed by atoms with Crippen molar-refractivity contribution >= 4 is 11.4 Å². The monoisotopic (exact) mass is 260 g/mol. The van der Waals surface area contributed by atoms with E-state index in [1.807, 2.05) is 0 Å². The zero-order valence-electron chi connectivity index (χ0n) is 10.2. The van der Waals surface area contributed by atoms with E-state index in [0.717, 1.165) is 5.69 Å². The molecule has 19 heavy (non-hydrogen) atoms. The van der Waals surface area contributed by atoms with Crippen molar-refractivity contribution < 1.29 is 9.66 Å². The van der Waals surface area contributed by atoms with Crippen LogP contribution in [0.1, 0.15) is 5.69 Å². The van der Waals surface area contributed by atoms with Gasteiger partial charge in [0.2, 0.25) is 0 Å². The van der Waals surface area contributed by atoms with Gasteiger partial charge in [0.15, 0.2) is 0 Å². The number of nitro benzene ring substituents is 1. The molecule has 0 spiro atoms. The van der Waals surface area contributed by atoms with Crippen LogP contribution in [0.2, 0.25) is 0 Å². The van der Waals surface area contributed by atoms with Gasteiger partial charge in [-0.05, 0) is 12.1 Å². The Bertz CT molecular complexity index is 574. The molecule has 0 saturated heterocycles. The zero-order chi connectivity index (χ0) is 13.7. The maximum atomic E-state index is 10.9. The number of nitrogens with zero attached hydrogens (tertiary/aromatic N) is 3. The van der Waals surface area contributed by atoms with E-state index in [0.29, 0.717) is 18.0 Å². The van der Waals surface area contributed by atoms with Gasteiger partial charge in [-0.1, -0.05) is 0 Å². The Morgan fingerprint density at radius 2 is 2.26 bits per heavy atom. The molecule has 0 bridgehead atoms. The molecule has 0 amide bonds. The fourth-order valence-corrected chi connectivity index (χ4v) is 1.55. The summed E-state index contributed by atoms with van der Waals surface area (Å²) in [5.74, 6) is 0.552. The Labute approximate surface area is 109 Å². The lowest BCUT2D eigenvalue weighted by molar-refractivity contribution is -0.384. The Hall–Kier alpha value is -2.70. The summed E-state index contributed by atoms with van der Waals surface area (Å²) in [6, 6.07) is 6.27. The molecular formula is C12H12N4O3. The lowest BCUT2D eigenvalue weighted by atomic mass is 10.2. The minimum atomic E-state index is -0.443. The van der Waals surface area contributed by atoms with Gasteiger partial charge in [0, 0.05) is 18.3 Å². The van der Waals surface area contributed by atoms with Crippen LogP contribution in [-0.2, 0) is 6.54 Å². The predicted molar refractivity (Wildman–Crippen MR) is 69.0 cm³/mol. The molecule has 0 saturated carbocycles. The van der Waals surface area contributed by atoms with Crippen molar-refractivity contribution in [2.24, 2.45) is 0 Å². The van der Waals surface area contributed by atoms with Gasteiger partial charge in [-0.3, -0.25) is 10.1 Å². The predicted octanol–water partition coefficient (Wildman–Crippen LogP) is 2.01. The molecule has 1 aromatic carbocycles. The molecule has 7 nitrogen and oxygen atoms in total. The number of aromatic nitrogens is 2. The van der Waals surface area contributed by atoms with Crippen molar-refractivity contribution in [1.29, 1.82) is 0 Å². The smallest absolute Gasteiger partial charge is 0.292 e. The first-order chi connectivity index (χ1) is 9.20. The molecule has 0 aliphatic rings. The molecule has 1 N–H and O–H groups in total. The van der Waals surface area contributed by atoms with E-state index in [-0.39, 0.29) is 5.69 Å². The van der Waals surface area contributed by atoms with Crippen LogP contribution in [0.25, 0.3) is 0 Å². The molecule has 0 radical (unpaired) electrons. The van der Waals surface area contributed by atoms with E-state index in [4.69, 9.17) is 4.74 Å². The third-order valence-corrected chi connectivity index (χ3v) is 2.50. The van der Waals surface area contributed by atoms with Crippen LogP contribution in [0.4, 0.5) is 11.4 Å². The molecule has 0 atom stereocenters. The highest BCUT2D eigenvalue weighted by atomic mass is 16.6. The second kappa shape index (κ2) is 5.76. The van der Waals surface area contributed by atoms with Crippen LogP contribution < -0.4 is 10.1 Å². The maximum Gasteiger partial charge on any atom is 0.292 e. The summed E-state index contributed by atoms with van der Waals surface area (Å²) < 4.78 is 5.05. The molecule has 0 unspecified atom stereocenters. The van der Waals surface area contributed by atoms with Gasteiger partial charge < -0.3 is 10.1 Å². The van der Waals surface area contributed by atoms with E-state index in [2.05, 4.69) is 15.3 Å². The Morgan fingerprint density at radius 3 is 2.89 bits per heavy atom.